The fourth-order valence-electron chi connectivity index (χ4n) is 7.45. The molecule has 0 radical (unpaired) electrons. The summed E-state index contributed by atoms with van der Waals surface area (Å²) in [6.07, 6.45) is 8.60. The summed E-state index contributed by atoms with van der Waals surface area (Å²) in [6.45, 7) is 4.26. The van der Waals surface area contributed by atoms with Crippen LogP contribution in [0.25, 0.3) is 35.4 Å². The minimum absolute atomic E-state index is 0.838. The molecule has 4 nitrogen and oxygen atoms in total. The van der Waals surface area contributed by atoms with Gasteiger partial charge in [-0.15, -0.1) is 0 Å². The molecule has 0 aliphatic carbocycles. The van der Waals surface area contributed by atoms with E-state index in [0.717, 1.165) is 79.0 Å². The van der Waals surface area contributed by atoms with Crippen LogP contribution in [0.4, 0.5) is 34.1 Å². The lowest BCUT2D eigenvalue weighted by atomic mass is 10.0. The molecule has 0 saturated heterocycles. The summed E-state index contributed by atoms with van der Waals surface area (Å²) in [4.78, 5) is 4.62. The molecular formula is C56H48N2O2. The number of benzene rings is 8. The highest BCUT2D eigenvalue weighted by molar-refractivity contribution is 5.83. The zero-order chi connectivity index (χ0) is 41.3. The molecule has 8 aromatic rings. The fourth-order valence-corrected chi connectivity index (χ4v) is 7.45. The molecule has 8 rings (SSSR count). The van der Waals surface area contributed by atoms with Crippen molar-refractivity contribution in [3.8, 4) is 22.6 Å². The number of anilines is 6. The van der Waals surface area contributed by atoms with Crippen LogP contribution in [-0.2, 0) is 0 Å². The van der Waals surface area contributed by atoms with E-state index >= 15 is 0 Å². The van der Waals surface area contributed by atoms with Crippen LogP contribution in [0, 0.1) is 13.8 Å². The van der Waals surface area contributed by atoms with Gasteiger partial charge in [0, 0.05) is 34.1 Å². The topological polar surface area (TPSA) is 24.9 Å². The molecule has 0 unspecified atom stereocenters. The first-order valence-corrected chi connectivity index (χ1v) is 20.2. The van der Waals surface area contributed by atoms with Crippen LogP contribution in [0.3, 0.4) is 0 Å². The predicted octanol–water partition coefficient (Wildman–Crippen LogP) is 15.3. The third-order valence-corrected chi connectivity index (χ3v) is 10.7. The minimum atomic E-state index is 0.838. The molecular weight excluding hydrogens is 733 g/mol. The highest BCUT2D eigenvalue weighted by Crippen LogP contribution is 2.41. The molecule has 0 saturated carbocycles. The van der Waals surface area contributed by atoms with Crippen molar-refractivity contribution in [1.29, 1.82) is 0 Å². The highest BCUT2D eigenvalue weighted by Gasteiger charge is 2.18. The Labute approximate surface area is 354 Å². The van der Waals surface area contributed by atoms with Gasteiger partial charge in [0.1, 0.15) is 11.5 Å². The number of methoxy groups -OCH3 is 2. The third-order valence-electron chi connectivity index (χ3n) is 10.7. The molecule has 4 heteroatoms. The van der Waals surface area contributed by atoms with Gasteiger partial charge in [0.2, 0.25) is 0 Å². The van der Waals surface area contributed by atoms with Gasteiger partial charge in [0.05, 0.1) is 14.2 Å². The van der Waals surface area contributed by atoms with Gasteiger partial charge < -0.3 is 19.3 Å². The summed E-state index contributed by atoms with van der Waals surface area (Å²) in [5, 5.41) is 0. The van der Waals surface area contributed by atoms with E-state index in [-0.39, 0.29) is 0 Å². The molecule has 0 atom stereocenters. The smallest absolute Gasteiger partial charge is 0.119 e. The van der Waals surface area contributed by atoms with Gasteiger partial charge >= 0.3 is 0 Å². The number of rotatable bonds is 13. The molecule has 0 bridgehead atoms. The molecule has 8 aromatic carbocycles. The molecule has 294 valence electrons. The van der Waals surface area contributed by atoms with E-state index in [9.17, 15) is 0 Å². The van der Waals surface area contributed by atoms with Crippen molar-refractivity contribution in [3.63, 3.8) is 0 Å². The van der Waals surface area contributed by atoms with Crippen molar-refractivity contribution in [1.82, 2.24) is 0 Å². The van der Waals surface area contributed by atoms with E-state index in [1.807, 2.05) is 24.3 Å². The molecule has 0 N–H and O–H groups in total. The van der Waals surface area contributed by atoms with Crippen LogP contribution in [0.5, 0.6) is 11.5 Å². The Hall–Kier alpha value is -7.56. The van der Waals surface area contributed by atoms with E-state index in [0.29, 0.717) is 0 Å². The van der Waals surface area contributed by atoms with Crippen molar-refractivity contribution in [2.24, 2.45) is 0 Å². The molecule has 0 aliphatic rings. The van der Waals surface area contributed by atoms with Crippen molar-refractivity contribution < 1.29 is 9.47 Å². The van der Waals surface area contributed by atoms with E-state index in [1.54, 1.807) is 14.2 Å². The molecule has 0 aliphatic heterocycles. The molecule has 0 fully saturated rings. The molecule has 0 heterocycles. The average molecular weight is 781 g/mol. The quantitative estimate of drug-likeness (QED) is 0.109. The third kappa shape index (κ3) is 9.09. The second-order valence-electron chi connectivity index (χ2n) is 14.7. The number of hydrogen-bond acceptors (Lipinski definition) is 4. The zero-order valence-corrected chi connectivity index (χ0v) is 34.5. The van der Waals surface area contributed by atoms with E-state index in [2.05, 4.69) is 218 Å². The Morgan fingerprint density at radius 3 is 0.933 bits per heavy atom. The van der Waals surface area contributed by atoms with Crippen molar-refractivity contribution in [2.45, 2.75) is 13.8 Å². The van der Waals surface area contributed by atoms with Crippen LogP contribution in [0.2, 0.25) is 0 Å². The maximum Gasteiger partial charge on any atom is 0.119 e. The van der Waals surface area contributed by atoms with E-state index < -0.39 is 0 Å². The van der Waals surface area contributed by atoms with Gasteiger partial charge in [0.25, 0.3) is 0 Å². The molecule has 0 aromatic heterocycles. The first-order chi connectivity index (χ1) is 29.4. The van der Waals surface area contributed by atoms with E-state index in [1.165, 1.54) is 11.1 Å². The van der Waals surface area contributed by atoms with Gasteiger partial charge in [-0.3, -0.25) is 0 Å². The fraction of sp³-hybridized carbons (Fsp3) is 0.0714. The Morgan fingerprint density at radius 2 is 0.633 bits per heavy atom. The maximum atomic E-state index is 5.56. The lowest BCUT2D eigenvalue weighted by Crippen LogP contribution is -2.11. The Bertz CT molecular complexity index is 2510. The maximum absolute atomic E-state index is 5.56. The summed E-state index contributed by atoms with van der Waals surface area (Å²) in [5.41, 5.74) is 15.6. The monoisotopic (exact) mass is 780 g/mol. The van der Waals surface area contributed by atoms with Crippen molar-refractivity contribution in [2.75, 3.05) is 24.0 Å². The average Bonchev–Trinajstić information content (AvgIpc) is 3.30. The Balaban J connectivity index is 1.08. The number of aryl methyl sites for hydroxylation is 2. The summed E-state index contributed by atoms with van der Waals surface area (Å²) < 4.78 is 11.1. The SMILES string of the molecule is COc1ccc(N(c2ccc(/C=C/c3ccccc3)cc2)c2ccc(-c3ccc(N(c4ccc(/C=C/c5ccccc5)cc4)c4ccc(OC)cc4C)cc3)cc2)c(C)c1. The van der Waals surface area contributed by atoms with E-state index in [4.69, 9.17) is 9.47 Å². The minimum Gasteiger partial charge on any atom is -0.497 e. The van der Waals surface area contributed by atoms with Crippen LogP contribution in [-0.4, -0.2) is 14.2 Å². The van der Waals surface area contributed by atoms with Gasteiger partial charge in [-0.05, 0) is 143 Å². The summed E-state index contributed by atoms with van der Waals surface area (Å²) in [7, 11) is 3.42. The van der Waals surface area contributed by atoms with Crippen molar-refractivity contribution in [3.05, 3.63) is 228 Å². The van der Waals surface area contributed by atoms with Crippen LogP contribution < -0.4 is 19.3 Å². The highest BCUT2D eigenvalue weighted by atomic mass is 16.5. The van der Waals surface area contributed by atoms with Gasteiger partial charge in [0.15, 0.2) is 0 Å². The predicted molar refractivity (Wildman–Crippen MR) is 255 cm³/mol. The second-order valence-corrected chi connectivity index (χ2v) is 14.7. The van der Waals surface area contributed by atoms with Crippen molar-refractivity contribution >= 4 is 58.4 Å². The summed E-state index contributed by atoms with van der Waals surface area (Å²) in [5.74, 6) is 1.68. The zero-order valence-electron chi connectivity index (χ0n) is 34.5. The van der Waals surface area contributed by atoms with Gasteiger partial charge in [-0.2, -0.15) is 0 Å². The number of hydrogen-bond donors (Lipinski definition) is 0. The number of ether oxygens (including phenoxy) is 2. The summed E-state index contributed by atoms with van der Waals surface area (Å²) in [6, 6.07) is 68.3. The van der Waals surface area contributed by atoms with Crippen LogP contribution in [0.15, 0.2) is 194 Å². The lowest BCUT2D eigenvalue weighted by Gasteiger charge is -2.28. The Kier molecular flexibility index (Phi) is 12.0. The van der Waals surface area contributed by atoms with Gasteiger partial charge in [-0.1, -0.05) is 133 Å². The normalized spacial score (nSPS) is 11.2. The lowest BCUT2D eigenvalue weighted by molar-refractivity contribution is 0.414. The standard InChI is InChI=1S/C56H48N2O2/c1-41-39-53(59-3)35-37-55(41)57(49-27-19-45(20-28-49)17-15-43-11-7-5-8-12-43)51-31-23-47(24-32-51)48-25-33-52(34-26-48)58(56-38-36-54(60-4)40-42(56)2)50-29-21-46(22-30-50)18-16-44-13-9-6-10-14-44/h5-40H,1-4H3/b17-15+,18-16+. The molecule has 60 heavy (non-hydrogen) atoms. The first kappa shape index (κ1) is 39.3. The summed E-state index contributed by atoms with van der Waals surface area (Å²) >= 11 is 0. The molecule has 0 spiro atoms. The van der Waals surface area contributed by atoms with Crippen LogP contribution >= 0.6 is 0 Å². The second kappa shape index (κ2) is 18.4. The molecule has 0 amide bonds. The number of nitrogens with zero attached hydrogens (tertiary/aromatic N) is 2. The van der Waals surface area contributed by atoms with Gasteiger partial charge in [-0.25, -0.2) is 0 Å². The van der Waals surface area contributed by atoms with Crippen LogP contribution in [0.1, 0.15) is 33.4 Å². The largest absolute Gasteiger partial charge is 0.497 e. The Morgan fingerprint density at radius 1 is 0.333 bits per heavy atom. The first-order valence-electron chi connectivity index (χ1n) is 20.2.